The zero-order valence-electron chi connectivity index (χ0n) is 12.1. The lowest BCUT2D eigenvalue weighted by atomic mass is 10.1. The standard InChI is InChI=1S/C15H23FN2O2/c1-11(2)17-8-12-7-13(16)3-4-15(12)18-5-6-20-10-14(18)9-19/h3-4,7,11,14,17,19H,5-6,8-10H2,1-2H3. The molecule has 0 bridgehead atoms. The maximum atomic E-state index is 13.5. The van der Waals surface area contributed by atoms with Crippen molar-refractivity contribution >= 4 is 5.69 Å². The summed E-state index contributed by atoms with van der Waals surface area (Å²) >= 11 is 0. The number of nitrogens with one attached hydrogen (secondary N) is 1. The molecule has 1 aliphatic rings. The molecule has 4 nitrogen and oxygen atoms in total. The van der Waals surface area contributed by atoms with E-state index in [0.717, 1.165) is 11.3 Å². The van der Waals surface area contributed by atoms with E-state index >= 15 is 0 Å². The SMILES string of the molecule is CC(C)NCc1cc(F)ccc1N1CCOCC1CO. The number of halogens is 1. The second-order valence-electron chi connectivity index (χ2n) is 5.41. The number of hydrogen-bond acceptors (Lipinski definition) is 4. The van der Waals surface area contributed by atoms with E-state index in [-0.39, 0.29) is 18.5 Å². The van der Waals surface area contributed by atoms with Gasteiger partial charge in [-0.05, 0) is 23.8 Å². The van der Waals surface area contributed by atoms with Crippen molar-refractivity contribution in [3.8, 4) is 0 Å². The Hall–Kier alpha value is -1.17. The van der Waals surface area contributed by atoms with Crippen LogP contribution in [0.5, 0.6) is 0 Å². The zero-order valence-corrected chi connectivity index (χ0v) is 12.1. The molecule has 1 fully saturated rings. The van der Waals surface area contributed by atoms with Crippen LogP contribution in [0.15, 0.2) is 18.2 Å². The normalized spacial score (nSPS) is 19.6. The Kier molecular flexibility index (Phi) is 5.34. The molecule has 1 unspecified atom stereocenters. The first-order chi connectivity index (χ1) is 9.61. The van der Waals surface area contributed by atoms with Crippen LogP contribution < -0.4 is 10.2 Å². The van der Waals surface area contributed by atoms with Crippen LogP contribution in [0.2, 0.25) is 0 Å². The highest BCUT2D eigenvalue weighted by Gasteiger charge is 2.24. The van der Waals surface area contributed by atoms with Crippen LogP contribution in [0, 0.1) is 5.82 Å². The van der Waals surface area contributed by atoms with Crippen molar-refractivity contribution in [3.63, 3.8) is 0 Å². The second kappa shape index (κ2) is 7.02. The van der Waals surface area contributed by atoms with Gasteiger partial charge in [0.15, 0.2) is 0 Å². The number of anilines is 1. The Bertz CT molecular complexity index is 440. The molecule has 0 amide bonds. The first-order valence-corrected chi connectivity index (χ1v) is 7.09. The molecule has 20 heavy (non-hydrogen) atoms. The molecule has 1 aromatic carbocycles. The minimum Gasteiger partial charge on any atom is -0.394 e. The monoisotopic (exact) mass is 282 g/mol. The average Bonchev–Trinajstić information content (AvgIpc) is 2.45. The number of benzene rings is 1. The highest BCUT2D eigenvalue weighted by Crippen LogP contribution is 2.25. The molecule has 1 heterocycles. The summed E-state index contributed by atoms with van der Waals surface area (Å²) in [5, 5.41) is 12.8. The number of aliphatic hydroxyl groups excluding tert-OH is 1. The van der Waals surface area contributed by atoms with Crippen LogP contribution >= 0.6 is 0 Å². The fourth-order valence-electron chi connectivity index (χ4n) is 2.41. The van der Waals surface area contributed by atoms with Crippen LogP contribution in [-0.4, -0.2) is 43.6 Å². The lowest BCUT2D eigenvalue weighted by Gasteiger charge is -2.37. The minimum absolute atomic E-state index is 0.0361. The molecule has 0 aliphatic carbocycles. The summed E-state index contributed by atoms with van der Waals surface area (Å²) < 4.78 is 18.9. The summed E-state index contributed by atoms with van der Waals surface area (Å²) in [5.41, 5.74) is 1.89. The van der Waals surface area contributed by atoms with Crippen molar-refractivity contribution in [2.75, 3.05) is 31.3 Å². The molecule has 0 saturated carbocycles. The summed E-state index contributed by atoms with van der Waals surface area (Å²) in [6.07, 6.45) is 0. The van der Waals surface area contributed by atoms with Crippen LogP contribution in [0.25, 0.3) is 0 Å². The molecule has 112 valence electrons. The van der Waals surface area contributed by atoms with Gasteiger partial charge in [-0.2, -0.15) is 0 Å². The second-order valence-corrected chi connectivity index (χ2v) is 5.41. The molecular weight excluding hydrogens is 259 g/mol. The predicted molar refractivity (Wildman–Crippen MR) is 77.4 cm³/mol. The lowest BCUT2D eigenvalue weighted by molar-refractivity contribution is 0.0726. The summed E-state index contributed by atoms with van der Waals surface area (Å²) in [7, 11) is 0. The van der Waals surface area contributed by atoms with E-state index in [9.17, 15) is 9.50 Å². The summed E-state index contributed by atoms with van der Waals surface area (Å²) in [4.78, 5) is 2.11. The number of aliphatic hydroxyl groups is 1. The van der Waals surface area contributed by atoms with Crippen molar-refractivity contribution < 1.29 is 14.2 Å². The van der Waals surface area contributed by atoms with Gasteiger partial charge in [-0.3, -0.25) is 0 Å². The van der Waals surface area contributed by atoms with Gasteiger partial charge in [0.05, 0.1) is 25.9 Å². The van der Waals surface area contributed by atoms with Crippen LogP contribution in [0.1, 0.15) is 19.4 Å². The molecule has 0 spiro atoms. The van der Waals surface area contributed by atoms with Crippen molar-refractivity contribution in [1.29, 1.82) is 0 Å². The molecule has 5 heteroatoms. The van der Waals surface area contributed by atoms with Crippen molar-refractivity contribution in [2.24, 2.45) is 0 Å². The van der Waals surface area contributed by atoms with Gasteiger partial charge in [0.2, 0.25) is 0 Å². The Morgan fingerprint density at radius 2 is 2.30 bits per heavy atom. The number of rotatable bonds is 5. The zero-order chi connectivity index (χ0) is 14.5. The van der Waals surface area contributed by atoms with E-state index in [0.29, 0.717) is 32.3 Å². The van der Waals surface area contributed by atoms with Gasteiger partial charge in [0.25, 0.3) is 0 Å². The fourth-order valence-corrected chi connectivity index (χ4v) is 2.41. The van der Waals surface area contributed by atoms with Crippen LogP contribution in [0.4, 0.5) is 10.1 Å². The number of hydrogen-bond donors (Lipinski definition) is 2. The quantitative estimate of drug-likeness (QED) is 0.859. The molecule has 0 aromatic heterocycles. The Balaban J connectivity index is 2.24. The summed E-state index contributed by atoms with van der Waals surface area (Å²) in [5.74, 6) is -0.233. The van der Waals surface area contributed by atoms with E-state index in [4.69, 9.17) is 4.74 Å². The molecule has 0 radical (unpaired) electrons. The van der Waals surface area contributed by atoms with Gasteiger partial charge in [0, 0.05) is 24.8 Å². The first kappa shape index (κ1) is 15.2. The third-order valence-electron chi connectivity index (χ3n) is 3.49. The van der Waals surface area contributed by atoms with Gasteiger partial charge >= 0.3 is 0 Å². The maximum absolute atomic E-state index is 13.5. The molecule has 1 atom stereocenters. The number of nitrogens with zero attached hydrogens (tertiary/aromatic N) is 1. The Morgan fingerprint density at radius 1 is 1.50 bits per heavy atom. The molecule has 1 aromatic rings. The smallest absolute Gasteiger partial charge is 0.123 e. The van der Waals surface area contributed by atoms with Gasteiger partial charge in [0.1, 0.15) is 5.82 Å². The predicted octanol–water partition coefficient (Wildman–Crippen LogP) is 1.52. The third kappa shape index (κ3) is 3.69. The molecule has 1 aliphatic heterocycles. The topological polar surface area (TPSA) is 44.7 Å². The summed E-state index contributed by atoms with van der Waals surface area (Å²) in [6, 6.07) is 5.10. The van der Waals surface area contributed by atoms with Crippen molar-refractivity contribution in [3.05, 3.63) is 29.6 Å². The Morgan fingerprint density at radius 3 is 3.00 bits per heavy atom. The van der Waals surface area contributed by atoms with Gasteiger partial charge in [-0.25, -0.2) is 4.39 Å². The Labute approximate surface area is 119 Å². The maximum Gasteiger partial charge on any atom is 0.123 e. The van der Waals surface area contributed by atoms with Crippen molar-refractivity contribution in [2.45, 2.75) is 32.5 Å². The summed E-state index contributed by atoms with van der Waals surface area (Å²) in [6.45, 7) is 6.62. The van der Waals surface area contributed by atoms with Gasteiger partial charge in [-0.1, -0.05) is 13.8 Å². The van der Waals surface area contributed by atoms with E-state index in [1.807, 2.05) is 0 Å². The first-order valence-electron chi connectivity index (χ1n) is 7.09. The number of morpholine rings is 1. The van der Waals surface area contributed by atoms with Crippen LogP contribution in [-0.2, 0) is 11.3 Å². The third-order valence-corrected chi connectivity index (χ3v) is 3.49. The minimum atomic E-state index is -0.233. The van der Waals surface area contributed by atoms with E-state index in [1.165, 1.54) is 6.07 Å². The van der Waals surface area contributed by atoms with Crippen LogP contribution in [0.3, 0.4) is 0 Å². The van der Waals surface area contributed by atoms with Gasteiger partial charge in [-0.15, -0.1) is 0 Å². The fraction of sp³-hybridized carbons (Fsp3) is 0.600. The number of ether oxygens (including phenoxy) is 1. The van der Waals surface area contributed by atoms with Crippen molar-refractivity contribution in [1.82, 2.24) is 5.32 Å². The van der Waals surface area contributed by atoms with Gasteiger partial charge < -0.3 is 20.1 Å². The highest BCUT2D eigenvalue weighted by molar-refractivity contribution is 5.55. The largest absolute Gasteiger partial charge is 0.394 e. The molecule has 2 rings (SSSR count). The lowest BCUT2D eigenvalue weighted by Crippen LogP contribution is -2.48. The highest BCUT2D eigenvalue weighted by atomic mass is 19.1. The van der Waals surface area contributed by atoms with E-state index in [2.05, 4.69) is 24.1 Å². The molecular formula is C15H23FN2O2. The molecule has 1 saturated heterocycles. The molecule has 2 N–H and O–H groups in total. The average molecular weight is 282 g/mol. The van der Waals surface area contributed by atoms with E-state index < -0.39 is 0 Å². The van der Waals surface area contributed by atoms with E-state index in [1.54, 1.807) is 12.1 Å².